The van der Waals surface area contributed by atoms with Crippen LogP contribution in [0.15, 0.2) is 6.07 Å². The minimum Gasteiger partial charge on any atom is -0.362 e. The van der Waals surface area contributed by atoms with Crippen LogP contribution in [0.1, 0.15) is 29.8 Å². The first-order chi connectivity index (χ1) is 8.66. The number of nitrogens with zero attached hydrogens (tertiary/aromatic N) is 1. The van der Waals surface area contributed by atoms with Crippen molar-refractivity contribution in [3.8, 4) is 0 Å². The lowest BCUT2D eigenvalue weighted by Gasteiger charge is -2.27. The van der Waals surface area contributed by atoms with Crippen molar-refractivity contribution in [3.63, 3.8) is 0 Å². The van der Waals surface area contributed by atoms with Crippen molar-refractivity contribution in [1.82, 2.24) is 15.2 Å². The molecule has 1 aromatic rings. The second-order valence-corrected chi connectivity index (χ2v) is 5.09. The molecule has 4 nitrogen and oxygen atoms in total. The summed E-state index contributed by atoms with van der Waals surface area (Å²) in [5.74, 6) is 0.307. The molecule has 0 atom stereocenters. The van der Waals surface area contributed by atoms with Crippen molar-refractivity contribution in [2.45, 2.75) is 33.1 Å². The molecule has 18 heavy (non-hydrogen) atoms. The topological polar surface area (TPSA) is 48.1 Å². The highest BCUT2D eigenvalue weighted by molar-refractivity contribution is 5.76. The summed E-state index contributed by atoms with van der Waals surface area (Å²) in [5.41, 5.74) is 3.79. The Kier molecular flexibility index (Phi) is 4.42. The van der Waals surface area contributed by atoms with Gasteiger partial charge in [0, 0.05) is 44.0 Å². The summed E-state index contributed by atoms with van der Waals surface area (Å²) in [6, 6.07) is 2.19. The van der Waals surface area contributed by atoms with E-state index in [1.807, 2.05) is 4.90 Å². The van der Waals surface area contributed by atoms with E-state index in [0.717, 1.165) is 39.0 Å². The van der Waals surface area contributed by atoms with Gasteiger partial charge in [-0.05, 0) is 38.3 Å². The van der Waals surface area contributed by atoms with Crippen molar-refractivity contribution in [2.75, 3.05) is 26.2 Å². The molecule has 0 spiro atoms. The van der Waals surface area contributed by atoms with Gasteiger partial charge in [-0.3, -0.25) is 4.79 Å². The molecule has 1 aliphatic rings. The van der Waals surface area contributed by atoms with Crippen LogP contribution in [0.4, 0.5) is 0 Å². The van der Waals surface area contributed by atoms with Crippen molar-refractivity contribution in [1.29, 1.82) is 0 Å². The van der Waals surface area contributed by atoms with Crippen LogP contribution in [-0.2, 0) is 11.2 Å². The van der Waals surface area contributed by atoms with E-state index in [2.05, 4.69) is 30.2 Å². The first-order valence-electron chi connectivity index (χ1n) is 6.80. The van der Waals surface area contributed by atoms with Gasteiger partial charge in [0.1, 0.15) is 0 Å². The molecule has 2 rings (SSSR count). The minimum atomic E-state index is 0.307. The summed E-state index contributed by atoms with van der Waals surface area (Å²) in [7, 11) is 0. The van der Waals surface area contributed by atoms with E-state index in [4.69, 9.17) is 0 Å². The summed E-state index contributed by atoms with van der Waals surface area (Å²) in [4.78, 5) is 17.3. The Labute approximate surface area is 109 Å². The molecule has 0 aliphatic carbocycles. The standard InChI is InChI=1S/C14H23N3O/c1-11-10-13(12(2)16-11)4-3-5-14(18)17-8-6-15-7-9-17/h10,15-16H,3-9H2,1-2H3. The molecule has 4 heteroatoms. The smallest absolute Gasteiger partial charge is 0.222 e. The van der Waals surface area contributed by atoms with Gasteiger partial charge in [0.2, 0.25) is 5.91 Å². The van der Waals surface area contributed by atoms with Gasteiger partial charge in [0.15, 0.2) is 0 Å². The third-order valence-electron chi connectivity index (χ3n) is 3.56. The number of piperazine rings is 1. The van der Waals surface area contributed by atoms with Crippen LogP contribution in [0.5, 0.6) is 0 Å². The van der Waals surface area contributed by atoms with Gasteiger partial charge in [-0.15, -0.1) is 0 Å². The van der Waals surface area contributed by atoms with Gasteiger partial charge in [-0.25, -0.2) is 0 Å². The molecule has 0 radical (unpaired) electrons. The maximum Gasteiger partial charge on any atom is 0.222 e. The van der Waals surface area contributed by atoms with Crippen LogP contribution in [0.25, 0.3) is 0 Å². The van der Waals surface area contributed by atoms with E-state index >= 15 is 0 Å². The molecule has 0 unspecified atom stereocenters. The molecule has 0 saturated carbocycles. The van der Waals surface area contributed by atoms with Gasteiger partial charge in [0.25, 0.3) is 0 Å². The first kappa shape index (κ1) is 13.1. The molecule has 2 heterocycles. The number of carbonyl (C=O) groups excluding carboxylic acids is 1. The van der Waals surface area contributed by atoms with E-state index in [9.17, 15) is 4.79 Å². The molecule has 1 fully saturated rings. The zero-order valence-corrected chi connectivity index (χ0v) is 11.4. The Bertz CT molecular complexity index is 405. The molecule has 2 N–H and O–H groups in total. The van der Waals surface area contributed by atoms with Crippen LogP contribution >= 0.6 is 0 Å². The second kappa shape index (κ2) is 6.05. The maximum absolute atomic E-state index is 12.0. The summed E-state index contributed by atoms with van der Waals surface area (Å²) in [5, 5.41) is 3.26. The molecule has 1 amide bonds. The normalized spacial score (nSPS) is 16.0. The Morgan fingerprint density at radius 3 is 2.67 bits per heavy atom. The number of hydrogen-bond donors (Lipinski definition) is 2. The molecule has 0 bridgehead atoms. The lowest BCUT2D eigenvalue weighted by molar-refractivity contribution is -0.131. The number of H-pyrrole nitrogens is 1. The van der Waals surface area contributed by atoms with Crippen molar-refractivity contribution in [3.05, 3.63) is 23.0 Å². The van der Waals surface area contributed by atoms with Crippen molar-refractivity contribution in [2.24, 2.45) is 0 Å². The zero-order valence-electron chi connectivity index (χ0n) is 11.4. The van der Waals surface area contributed by atoms with Crippen LogP contribution in [0.2, 0.25) is 0 Å². The maximum atomic E-state index is 12.0. The summed E-state index contributed by atoms with van der Waals surface area (Å²) < 4.78 is 0. The number of amides is 1. The summed E-state index contributed by atoms with van der Waals surface area (Å²) in [6.07, 6.45) is 2.61. The van der Waals surface area contributed by atoms with Crippen LogP contribution < -0.4 is 5.32 Å². The lowest BCUT2D eigenvalue weighted by atomic mass is 10.1. The van der Waals surface area contributed by atoms with Gasteiger partial charge < -0.3 is 15.2 Å². The fraction of sp³-hybridized carbons (Fsp3) is 0.643. The van der Waals surface area contributed by atoms with Crippen LogP contribution in [0.3, 0.4) is 0 Å². The number of aryl methyl sites for hydroxylation is 3. The minimum absolute atomic E-state index is 0.307. The lowest BCUT2D eigenvalue weighted by Crippen LogP contribution is -2.46. The zero-order chi connectivity index (χ0) is 13.0. The number of rotatable bonds is 4. The fourth-order valence-electron chi connectivity index (χ4n) is 2.54. The SMILES string of the molecule is Cc1cc(CCCC(=O)N2CCNCC2)c(C)[nH]1. The third kappa shape index (κ3) is 3.35. The average molecular weight is 249 g/mol. The largest absolute Gasteiger partial charge is 0.362 e. The molecule has 1 saturated heterocycles. The first-order valence-corrected chi connectivity index (χ1v) is 6.80. The third-order valence-corrected chi connectivity index (χ3v) is 3.56. The highest BCUT2D eigenvalue weighted by Gasteiger charge is 2.15. The van der Waals surface area contributed by atoms with Crippen LogP contribution in [0, 0.1) is 13.8 Å². The predicted molar refractivity (Wildman–Crippen MR) is 72.7 cm³/mol. The monoisotopic (exact) mass is 249 g/mol. The quantitative estimate of drug-likeness (QED) is 0.847. The highest BCUT2D eigenvalue weighted by Crippen LogP contribution is 2.13. The van der Waals surface area contributed by atoms with E-state index in [-0.39, 0.29) is 0 Å². The van der Waals surface area contributed by atoms with E-state index in [1.165, 1.54) is 17.0 Å². The number of aromatic nitrogens is 1. The summed E-state index contributed by atoms with van der Waals surface area (Å²) in [6.45, 7) is 7.76. The molecular formula is C14H23N3O. The Hall–Kier alpha value is -1.29. The highest BCUT2D eigenvalue weighted by atomic mass is 16.2. The summed E-state index contributed by atoms with van der Waals surface area (Å²) >= 11 is 0. The predicted octanol–water partition coefficient (Wildman–Crippen LogP) is 1.39. The Morgan fingerprint density at radius 2 is 2.06 bits per heavy atom. The molecule has 100 valence electrons. The molecular weight excluding hydrogens is 226 g/mol. The molecule has 0 aromatic carbocycles. The Balaban J connectivity index is 1.74. The van der Waals surface area contributed by atoms with E-state index in [1.54, 1.807) is 0 Å². The van der Waals surface area contributed by atoms with Gasteiger partial charge in [0.05, 0.1) is 0 Å². The van der Waals surface area contributed by atoms with E-state index < -0.39 is 0 Å². The van der Waals surface area contributed by atoms with E-state index in [0.29, 0.717) is 12.3 Å². The Morgan fingerprint density at radius 1 is 1.33 bits per heavy atom. The second-order valence-electron chi connectivity index (χ2n) is 5.09. The van der Waals surface area contributed by atoms with Crippen molar-refractivity contribution < 1.29 is 4.79 Å². The van der Waals surface area contributed by atoms with Gasteiger partial charge in [-0.1, -0.05) is 0 Å². The number of hydrogen-bond acceptors (Lipinski definition) is 2. The number of carbonyl (C=O) groups is 1. The van der Waals surface area contributed by atoms with Crippen molar-refractivity contribution >= 4 is 5.91 Å². The average Bonchev–Trinajstić information content (AvgIpc) is 2.69. The number of nitrogens with one attached hydrogen (secondary N) is 2. The molecule has 1 aliphatic heterocycles. The van der Waals surface area contributed by atoms with Gasteiger partial charge >= 0.3 is 0 Å². The van der Waals surface area contributed by atoms with Crippen LogP contribution in [-0.4, -0.2) is 42.0 Å². The van der Waals surface area contributed by atoms with Gasteiger partial charge in [-0.2, -0.15) is 0 Å². The number of aromatic amines is 1. The fourth-order valence-corrected chi connectivity index (χ4v) is 2.54. The molecule has 1 aromatic heterocycles.